The predicted molar refractivity (Wildman–Crippen MR) is 108 cm³/mol. The van der Waals surface area contributed by atoms with Gasteiger partial charge in [-0.15, -0.1) is 24.0 Å². The van der Waals surface area contributed by atoms with Crippen molar-refractivity contribution < 1.29 is 4.74 Å². The summed E-state index contributed by atoms with van der Waals surface area (Å²) in [6, 6.07) is 10.9. The van der Waals surface area contributed by atoms with Crippen LogP contribution in [0.5, 0.6) is 0 Å². The molecule has 2 N–H and O–H groups in total. The minimum atomic E-state index is 0. The number of hydrogen-bond donors (Lipinski definition) is 2. The summed E-state index contributed by atoms with van der Waals surface area (Å²) in [5.41, 5.74) is 1.34. The Balaban J connectivity index is 0.00000264. The Morgan fingerprint density at radius 3 is 2.57 bits per heavy atom. The minimum Gasteiger partial charge on any atom is -0.379 e. The van der Waals surface area contributed by atoms with E-state index in [1.165, 1.54) is 18.4 Å². The molecule has 4 nitrogen and oxygen atoms in total. The summed E-state index contributed by atoms with van der Waals surface area (Å²) in [6.07, 6.45) is 2.68. The molecule has 0 radical (unpaired) electrons. The van der Waals surface area contributed by atoms with Gasteiger partial charge in [-0.1, -0.05) is 37.3 Å². The molecule has 0 heterocycles. The lowest BCUT2D eigenvalue weighted by atomic mass is 9.94. The van der Waals surface area contributed by atoms with Crippen LogP contribution in [0.4, 0.5) is 0 Å². The first-order chi connectivity index (χ1) is 10.7. The fraction of sp³-hybridized carbons (Fsp3) is 0.611. The molecule has 1 saturated carbocycles. The molecule has 1 aliphatic carbocycles. The number of guanidine groups is 1. The third kappa shape index (κ3) is 7.52. The number of nitrogens with one attached hydrogen (secondary N) is 2. The molecule has 0 spiro atoms. The lowest BCUT2D eigenvalue weighted by Crippen LogP contribution is -2.45. The van der Waals surface area contributed by atoms with Crippen LogP contribution in [0.2, 0.25) is 0 Å². The van der Waals surface area contributed by atoms with Crippen molar-refractivity contribution in [1.82, 2.24) is 10.6 Å². The summed E-state index contributed by atoms with van der Waals surface area (Å²) in [4.78, 5) is 4.29. The van der Waals surface area contributed by atoms with E-state index in [-0.39, 0.29) is 24.0 Å². The molecule has 0 aliphatic heterocycles. The Hall–Kier alpha value is -0.820. The molecule has 5 heteroatoms. The standard InChI is InChI=1S/C18H29N3O.HI/c1-14(17-7-5-4-6-8-17)15(2)21-18(19-3)20-11-12-22-13-16-9-10-16;/h4-8,14-16H,9-13H2,1-3H3,(H2,19,20,21);1H. The number of rotatable bonds is 8. The Morgan fingerprint density at radius 2 is 1.96 bits per heavy atom. The number of hydrogen-bond acceptors (Lipinski definition) is 2. The summed E-state index contributed by atoms with van der Waals surface area (Å²) in [7, 11) is 1.81. The topological polar surface area (TPSA) is 45.7 Å². The van der Waals surface area contributed by atoms with E-state index in [0.29, 0.717) is 12.0 Å². The Labute approximate surface area is 157 Å². The van der Waals surface area contributed by atoms with Crippen LogP contribution in [0.1, 0.15) is 38.2 Å². The van der Waals surface area contributed by atoms with Gasteiger partial charge in [0.25, 0.3) is 0 Å². The molecule has 1 aromatic carbocycles. The third-order valence-electron chi connectivity index (χ3n) is 4.25. The van der Waals surface area contributed by atoms with Gasteiger partial charge < -0.3 is 15.4 Å². The summed E-state index contributed by atoms with van der Waals surface area (Å²) < 4.78 is 5.63. The molecular weight excluding hydrogens is 401 g/mol. The van der Waals surface area contributed by atoms with Gasteiger partial charge in [0.1, 0.15) is 0 Å². The van der Waals surface area contributed by atoms with Gasteiger partial charge in [0.2, 0.25) is 0 Å². The summed E-state index contributed by atoms with van der Waals surface area (Å²) in [6.45, 7) is 6.86. The maximum Gasteiger partial charge on any atom is 0.191 e. The van der Waals surface area contributed by atoms with E-state index in [4.69, 9.17) is 4.74 Å². The van der Waals surface area contributed by atoms with Crippen molar-refractivity contribution in [3.8, 4) is 0 Å². The van der Waals surface area contributed by atoms with Crippen LogP contribution in [0.3, 0.4) is 0 Å². The minimum absolute atomic E-state index is 0. The first-order valence-corrected chi connectivity index (χ1v) is 8.30. The summed E-state index contributed by atoms with van der Waals surface area (Å²) >= 11 is 0. The third-order valence-corrected chi connectivity index (χ3v) is 4.25. The Kier molecular flexibility index (Phi) is 9.55. The predicted octanol–water partition coefficient (Wildman–Crippen LogP) is 3.39. The van der Waals surface area contributed by atoms with Crippen LogP contribution in [0.15, 0.2) is 35.3 Å². The molecule has 0 saturated heterocycles. The number of aliphatic imine (C=N–C) groups is 1. The van der Waals surface area contributed by atoms with Crippen molar-refractivity contribution in [3.63, 3.8) is 0 Å². The second-order valence-corrected chi connectivity index (χ2v) is 6.15. The smallest absolute Gasteiger partial charge is 0.191 e. The van der Waals surface area contributed by atoms with Gasteiger partial charge in [0, 0.05) is 32.2 Å². The second kappa shape index (κ2) is 10.9. The molecule has 1 fully saturated rings. The monoisotopic (exact) mass is 431 g/mol. The number of ether oxygens (including phenoxy) is 1. The number of benzene rings is 1. The Bertz CT molecular complexity index is 463. The van der Waals surface area contributed by atoms with Gasteiger partial charge in [-0.25, -0.2) is 0 Å². The number of nitrogens with zero attached hydrogens (tertiary/aromatic N) is 1. The van der Waals surface area contributed by atoms with Gasteiger partial charge >= 0.3 is 0 Å². The first kappa shape index (κ1) is 20.2. The van der Waals surface area contributed by atoms with E-state index in [0.717, 1.165) is 31.6 Å². The molecule has 2 unspecified atom stereocenters. The molecule has 1 aromatic rings. The highest BCUT2D eigenvalue weighted by atomic mass is 127. The molecule has 0 amide bonds. The van der Waals surface area contributed by atoms with Gasteiger partial charge in [-0.05, 0) is 31.2 Å². The highest BCUT2D eigenvalue weighted by Gasteiger charge is 2.21. The van der Waals surface area contributed by atoms with E-state index in [1.54, 1.807) is 7.05 Å². The number of halogens is 1. The van der Waals surface area contributed by atoms with Crippen LogP contribution < -0.4 is 10.6 Å². The van der Waals surface area contributed by atoms with E-state index in [9.17, 15) is 0 Å². The van der Waals surface area contributed by atoms with Crippen LogP contribution in [0, 0.1) is 5.92 Å². The van der Waals surface area contributed by atoms with Crippen LogP contribution in [0.25, 0.3) is 0 Å². The molecule has 0 bridgehead atoms. The van der Waals surface area contributed by atoms with Crippen molar-refractivity contribution in [2.24, 2.45) is 10.9 Å². The normalized spacial score (nSPS) is 17.1. The van der Waals surface area contributed by atoms with Gasteiger partial charge in [-0.2, -0.15) is 0 Å². The first-order valence-electron chi connectivity index (χ1n) is 8.30. The van der Waals surface area contributed by atoms with Crippen molar-refractivity contribution in [2.75, 3.05) is 26.8 Å². The molecule has 2 atom stereocenters. The Morgan fingerprint density at radius 1 is 1.26 bits per heavy atom. The molecule has 130 valence electrons. The van der Waals surface area contributed by atoms with Crippen molar-refractivity contribution in [2.45, 2.75) is 38.6 Å². The quantitative estimate of drug-likeness (QED) is 0.287. The zero-order valence-electron chi connectivity index (χ0n) is 14.4. The maximum atomic E-state index is 5.63. The highest BCUT2D eigenvalue weighted by molar-refractivity contribution is 14.0. The zero-order chi connectivity index (χ0) is 15.8. The average molecular weight is 431 g/mol. The highest BCUT2D eigenvalue weighted by Crippen LogP contribution is 2.28. The van der Waals surface area contributed by atoms with Gasteiger partial charge in [0.05, 0.1) is 6.61 Å². The van der Waals surface area contributed by atoms with E-state index in [1.807, 2.05) is 0 Å². The van der Waals surface area contributed by atoms with Crippen LogP contribution in [-0.4, -0.2) is 38.8 Å². The fourth-order valence-corrected chi connectivity index (χ4v) is 2.36. The fourth-order valence-electron chi connectivity index (χ4n) is 2.36. The van der Waals surface area contributed by atoms with Gasteiger partial charge in [0.15, 0.2) is 5.96 Å². The van der Waals surface area contributed by atoms with E-state index < -0.39 is 0 Å². The lowest BCUT2D eigenvalue weighted by Gasteiger charge is -2.24. The second-order valence-electron chi connectivity index (χ2n) is 6.15. The maximum absolute atomic E-state index is 5.63. The molecule has 1 aliphatic rings. The largest absolute Gasteiger partial charge is 0.379 e. The molecule has 23 heavy (non-hydrogen) atoms. The zero-order valence-corrected chi connectivity index (χ0v) is 16.7. The molecule has 0 aromatic heterocycles. The SMILES string of the molecule is CN=C(NCCOCC1CC1)NC(C)C(C)c1ccccc1.I. The lowest BCUT2D eigenvalue weighted by molar-refractivity contribution is 0.129. The van der Waals surface area contributed by atoms with Crippen LogP contribution in [-0.2, 0) is 4.74 Å². The van der Waals surface area contributed by atoms with Crippen LogP contribution >= 0.6 is 24.0 Å². The molecular formula is C18H30IN3O. The summed E-state index contributed by atoms with van der Waals surface area (Å²) in [5, 5.41) is 6.77. The van der Waals surface area contributed by atoms with Crippen molar-refractivity contribution in [3.05, 3.63) is 35.9 Å². The van der Waals surface area contributed by atoms with Crippen molar-refractivity contribution >= 4 is 29.9 Å². The average Bonchev–Trinajstić information content (AvgIpc) is 3.37. The van der Waals surface area contributed by atoms with Gasteiger partial charge in [-0.3, -0.25) is 4.99 Å². The van der Waals surface area contributed by atoms with E-state index in [2.05, 4.69) is 59.8 Å². The molecule has 2 rings (SSSR count). The van der Waals surface area contributed by atoms with Crippen molar-refractivity contribution in [1.29, 1.82) is 0 Å². The van der Waals surface area contributed by atoms with E-state index >= 15 is 0 Å². The summed E-state index contributed by atoms with van der Waals surface area (Å²) in [5.74, 6) is 2.08.